The average molecular weight is 328 g/mol. The van der Waals surface area contributed by atoms with E-state index < -0.39 is 4.92 Å². The third-order valence-electron chi connectivity index (χ3n) is 3.22. The predicted octanol–water partition coefficient (Wildman–Crippen LogP) is 2.98. The SMILES string of the molecule is O=C(NCc1ccccc1[N+](=O)[O-])c1cc(-c2cccs2)[nH]n1. The maximum absolute atomic E-state index is 12.1. The van der Waals surface area contributed by atoms with Crippen molar-refractivity contribution in [3.63, 3.8) is 0 Å². The molecule has 0 saturated heterocycles. The van der Waals surface area contributed by atoms with Gasteiger partial charge in [0.05, 0.1) is 15.5 Å². The summed E-state index contributed by atoms with van der Waals surface area (Å²) in [6.45, 7) is 0.0666. The molecular weight excluding hydrogens is 316 g/mol. The van der Waals surface area contributed by atoms with E-state index in [1.165, 1.54) is 17.4 Å². The van der Waals surface area contributed by atoms with E-state index >= 15 is 0 Å². The number of nitro benzene ring substituents is 1. The summed E-state index contributed by atoms with van der Waals surface area (Å²) < 4.78 is 0. The van der Waals surface area contributed by atoms with E-state index in [2.05, 4.69) is 15.5 Å². The van der Waals surface area contributed by atoms with Crippen LogP contribution in [0, 0.1) is 10.1 Å². The normalized spacial score (nSPS) is 10.4. The average Bonchev–Trinajstić information content (AvgIpc) is 3.23. The fraction of sp³-hybridized carbons (Fsp3) is 0.0667. The second-order valence-corrected chi connectivity index (χ2v) is 5.66. The van der Waals surface area contributed by atoms with Crippen molar-refractivity contribution in [1.29, 1.82) is 0 Å². The number of amides is 1. The summed E-state index contributed by atoms with van der Waals surface area (Å²) in [7, 11) is 0. The molecule has 1 amide bonds. The standard InChI is InChI=1S/C15H12N4O3S/c20-15(12-8-11(17-18-12)14-6-3-7-23-14)16-9-10-4-1-2-5-13(10)19(21)22/h1-8H,9H2,(H,16,20)(H,17,18). The van der Waals surface area contributed by atoms with Gasteiger partial charge in [-0.2, -0.15) is 5.10 Å². The molecule has 0 unspecified atom stereocenters. The van der Waals surface area contributed by atoms with Gasteiger partial charge in [0.1, 0.15) is 0 Å². The maximum Gasteiger partial charge on any atom is 0.274 e. The van der Waals surface area contributed by atoms with Gasteiger partial charge < -0.3 is 5.32 Å². The molecule has 2 aromatic heterocycles. The lowest BCUT2D eigenvalue weighted by Gasteiger charge is -2.04. The Hall–Kier alpha value is -3.00. The summed E-state index contributed by atoms with van der Waals surface area (Å²) >= 11 is 1.54. The Morgan fingerprint density at radius 1 is 1.30 bits per heavy atom. The third kappa shape index (κ3) is 3.27. The Kier molecular flexibility index (Phi) is 4.15. The molecule has 0 aliphatic rings. The zero-order valence-corrected chi connectivity index (χ0v) is 12.7. The maximum atomic E-state index is 12.1. The summed E-state index contributed by atoms with van der Waals surface area (Å²) in [4.78, 5) is 23.6. The molecule has 0 bridgehead atoms. The Labute approximate surface area is 135 Å². The van der Waals surface area contributed by atoms with Crippen LogP contribution in [-0.2, 0) is 6.54 Å². The first-order valence-corrected chi connectivity index (χ1v) is 7.63. The number of nitro groups is 1. The number of thiophene rings is 1. The van der Waals surface area contributed by atoms with E-state index in [0.29, 0.717) is 5.56 Å². The Morgan fingerprint density at radius 3 is 2.87 bits per heavy atom. The van der Waals surface area contributed by atoms with Gasteiger partial charge in [0, 0.05) is 18.2 Å². The number of hydrogen-bond donors (Lipinski definition) is 2. The van der Waals surface area contributed by atoms with E-state index in [0.717, 1.165) is 10.6 Å². The van der Waals surface area contributed by atoms with Crippen molar-refractivity contribution in [3.05, 3.63) is 69.2 Å². The Bertz CT molecular complexity index is 842. The number of hydrogen-bond acceptors (Lipinski definition) is 5. The Balaban J connectivity index is 1.70. The van der Waals surface area contributed by atoms with Crippen LogP contribution in [0.25, 0.3) is 10.6 Å². The first-order valence-electron chi connectivity index (χ1n) is 6.75. The van der Waals surface area contributed by atoms with Gasteiger partial charge in [-0.1, -0.05) is 24.3 Å². The number of nitrogens with one attached hydrogen (secondary N) is 2. The highest BCUT2D eigenvalue weighted by Gasteiger charge is 2.15. The lowest BCUT2D eigenvalue weighted by atomic mass is 10.2. The Morgan fingerprint density at radius 2 is 2.13 bits per heavy atom. The van der Waals surface area contributed by atoms with Crippen molar-refractivity contribution in [2.45, 2.75) is 6.54 Å². The number of nitrogens with zero attached hydrogens (tertiary/aromatic N) is 2. The fourth-order valence-corrected chi connectivity index (χ4v) is 2.79. The largest absolute Gasteiger partial charge is 0.346 e. The molecular formula is C15H12N4O3S. The number of benzene rings is 1. The van der Waals surface area contributed by atoms with Gasteiger partial charge >= 0.3 is 0 Å². The van der Waals surface area contributed by atoms with E-state index in [9.17, 15) is 14.9 Å². The minimum absolute atomic E-state index is 0.0193. The second kappa shape index (κ2) is 6.41. The fourth-order valence-electron chi connectivity index (χ4n) is 2.10. The summed E-state index contributed by atoms with van der Waals surface area (Å²) in [5, 5.41) is 22.3. The molecule has 116 valence electrons. The van der Waals surface area contributed by atoms with Gasteiger partial charge in [0.25, 0.3) is 11.6 Å². The number of H-pyrrole nitrogens is 1. The van der Waals surface area contributed by atoms with Crippen LogP contribution in [0.5, 0.6) is 0 Å². The topological polar surface area (TPSA) is 101 Å². The summed E-state index contributed by atoms with van der Waals surface area (Å²) in [6, 6.07) is 11.8. The summed E-state index contributed by atoms with van der Waals surface area (Å²) in [5.41, 5.74) is 1.43. The van der Waals surface area contributed by atoms with Crippen LogP contribution < -0.4 is 5.32 Å². The molecule has 23 heavy (non-hydrogen) atoms. The van der Waals surface area contributed by atoms with Gasteiger partial charge in [-0.25, -0.2) is 0 Å². The van der Waals surface area contributed by atoms with Crippen molar-refractivity contribution in [1.82, 2.24) is 15.5 Å². The highest BCUT2D eigenvalue weighted by molar-refractivity contribution is 7.13. The van der Waals surface area contributed by atoms with Gasteiger partial charge in [-0.05, 0) is 17.5 Å². The number of aromatic nitrogens is 2. The summed E-state index contributed by atoms with van der Waals surface area (Å²) in [6.07, 6.45) is 0. The van der Waals surface area contributed by atoms with Crippen LogP contribution in [0.4, 0.5) is 5.69 Å². The lowest BCUT2D eigenvalue weighted by Crippen LogP contribution is -2.23. The highest BCUT2D eigenvalue weighted by Crippen LogP contribution is 2.23. The second-order valence-electron chi connectivity index (χ2n) is 4.71. The molecule has 0 fully saturated rings. The van der Waals surface area contributed by atoms with Crippen LogP contribution >= 0.6 is 11.3 Å². The molecule has 0 aliphatic heterocycles. The van der Waals surface area contributed by atoms with Gasteiger partial charge in [-0.3, -0.25) is 20.0 Å². The lowest BCUT2D eigenvalue weighted by molar-refractivity contribution is -0.385. The number of carbonyl (C=O) groups excluding carboxylic acids is 1. The molecule has 0 radical (unpaired) electrons. The molecule has 0 atom stereocenters. The first-order chi connectivity index (χ1) is 11.1. The van der Waals surface area contributed by atoms with Crippen LogP contribution in [0.15, 0.2) is 47.8 Å². The van der Waals surface area contributed by atoms with E-state index in [4.69, 9.17) is 0 Å². The molecule has 2 N–H and O–H groups in total. The highest BCUT2D eigenvalue weighted by atomic mass is 32.1. The van der Waals surface area contributed by atoms with Crippen LogP contribution in [0.3, 0.4) is 0 Å². The zero-order valence-electron chi connectivity index (χ0n) is 11.9. The smallest absolute Gasteiger partial charge is 0.274 e. The monoisotopic (exact) mass is 328 g/mol. The molecule has 8 heteroatoms. The number of para-hydroxylation sites is 1. The van der Waals surface area contributed by atoms with Crippen LogP contribution in [0.1, 0.15) is 16.1 Å². The number of carbonyl (C=O) groups is 1. The van der Waals surface area contributed by atoms with Crippen molar-refractivity contribution in [3.8, 4) is 10.6 Å². The van der Waals surface area contributed by atoms with E-state index in [1.807, 2.05) is 17.5 Å². The molecule has 7 nitrogen and oxygen atoms in total. The van der Waals surface area contributed by atoms with E-state index in [-0.39, 0.29) is 23.8 Å². The van der Waals surface area contributed by atoms with Crippen LogP contribution in [-0.4, -0.2) is 21.0 Å². The van der Waals surface area contributed by atoms with Crippen molar-refractivity contribution in [2.24, 2.45) is 0 Å². The van der Waals surface area contributed by atoms with Gasteiger partial charge in [-0.15, -0.1) is 11.3 Å². The van der Waals surface area contributed by atoms with Crippen molar-refractivity contribution < 1.29 is 9.72 Å². The quantitative estimate of drug-likeness (QED) is 0.555. The number of rotatable bonds is 5. The minimum Gasteiger partial charge on any atom is -0.346 e. The minimum atomic E-state index is -0.467. The molecule has 3 aromatic rings. The first kappa shape index (κ1) is 14.9. The zero-order chi connectivity index (χ0) is 16.2. The van der Waals surface area contributed by atoms with Crippen molar-refractivity contribution in [2.75, 3.05) is 0 Å². The number of aromatic amines is 1. The molecule has 3 rings (SSSR count). The van der Waals surface area contributed by atoms with Crippen molar-refractivity contribution >= 4 is 22.9 Å². The third-order valence-corrected chi connectivity index (χ3v) is 4.13. The predicted molar refractivity (Wildman–Crippen MR) is 86.2 cm³/mol. The van der Waals surface area contributed by atoms with E-state index in [1.54, 1.807) is 24.3 Å². The van der Waals surface area contributed by atoms with Gasteiger partial charge in [0.2, 0.25) is 0 Å². The summed E-state index contributed by atoms with van der Waals surface area (Å²) in [5.74, 6) is -0.387. The van der Waals surface area contributed by atoms with Gasteiger partial charge in [0.15, 0.2) is 5.69 Å². The van der Waals surface area contributed by atoms with Crippen LogP contribution in [0.2, 0.25) is 0 Å². The molecule has 0 saturated carbocycles. The molecule has 1 aromatic carbocycles. The molecule has 0 spiro atoms. The molecule has 0 aliphatic carbocycles. The molecule has 2 heterocycles.